The molecule has 0 spiro atoms. The van der Waals surface area contributed by atoms with Crippen LogP contribution in [0.15, 0.2) is 42.0 Å². The molecule has 0 aromatic heterocycles. The van der Waals surface area contributed by atoms with Crippen molar-refractivity contribution in [3.63, 3.8) is 0 Å². The summed E-state index contributed by atoms with van der Waals surface area (Å²) in [6.45, 7) is 4.39. The molecule has 5 heteroatoms. The van der Waals surface area contributed by atoms with E-state index < -0.39 is 10.0 Å². The largest absolute Gasteiger partial charge is 0.295 e. The smallest absolute Gasteiger partial charge is 0.214 e. The van der Waals surface area contributed by atoms with Crippen LogP contribution in [0.5, 0.6) is 0 Å². The van der Waals surface area contributed by atoms with Gasteiger partial charge >= 0.3 is 0 Å². The standard InChI is InChI=1S/C17H24N2O2S/c20-22(21)14-4-10-19(22)13-9-16-7-11-18(12-8-16)15-17-5-2-1-3-6-17/h1-3,5-7H,4,8-15H2. The molecule has 4 nitrogen and oxygen atoms in total. The minimum Gasteiger partial charge on any atom is -0.295 e. The molecule has 2 heterocycles. The molecule has 1 saturated heterocycles. The fraction of sp³-hybridized carbons (Fsp3) is 0.529. The van der Waals surface area contributed by atoms with Crippen molar-refractivity contribution in [1.82, 2.24) is 9.21 Å². The Bertz CT molecular complexity index is 625. The fourth-order valence-electron chi connectivity index (χ4n) is 3.18. The maximum absolute atomic E-state index is 11.8. The average molecular weight is 320 g/mol. The lowest BCUT2D eigenvalue weighted by molar-refractivity contribution is 0.283. The van der Waals surface area contributed by atoms with Gasteiger partial charge in [0.2, 0.25) is 10.0 Å². The summed E-state index contributed by atoms with van der Waals surface area (Å²) in [5.74, 6) is 0.330. The molecular formula is C17H24N2O2S. The predicted molar refractivity (Wildman–Crippen MR) is 89.0 cm³/mol. The van der Waals surface area contributed by atoms with Crippen LogP contribution in [0.2, 0.25) is 0 Å². The summed E-state index contributed by atoms with van der Waals surface area (Å²) in [4.78, 5) is 2.44. The SMILES string of the molecule is O=S1(=O)CCCN1CCC1=CCN(Cc2ccccc2)CC1. The zero-order valence-electron chi connectivity index (χ0n) is 12.9. The van der Waals surface area contributed by atoms with E-state index in [1.54, 1.807) is 4.31 Å². The van der Waals surface area contributed by atoms with E-state index in [1.165, 1.54) is 11.1 Å². The highest BCUT2D eigenvalue weighted by Gasteiger charge is 2.27. The van der Waals surface area contributed by atoms with Gasteiger partial charge in [0.1, 0.15) is 0 Å². The Labute approximate surface area is 133 Å². The zero-order valence-corrected chi connectivity index (χ0v) is 13.8. The number of hydrogen-bond donors (Lipinski definition) is 0. The van der Waals surface area contributed by atoms with Gasteiger partial charge in [-0.2, -0.15) is 0 Å². The lowest BCUT2D eigenvalue weighted by atomic mass is 10.0. The second-order valence-electron chi connectivity index (χ2n) is 6.15. The Kier molecular flexibility index (Phi) is 4.96. The molecule has 0 saturated carbocycles. The van der Waals surface area contributed by atoms with E-state index in [-0.39, 0.29) is 0 Å². The van der Waals surface area contributed by atoms with Crippen molar-refractivity contribution in [3.8, 4) is 0 Å². The van der Waals surface area contributed by atoms with Gasteiger partial charge in [0.15, 0.2) is 0 Å². The molecule has 3 rings (SSSR count). The quantitative estimate of drug-likeness (QED) is 0.781. The van der Waals surface area contributed by atoms with E-state index in [4.69, 9.17) is 0 Å². The van der Waals surface area contributed by atoms with Crippen LogP contribution in [0.25, 0.3) is 0 Å². The molecule has 0 unspecified atom stereocenters. The molecule has 0 bridgehead atoms. The van der Waals surface area contributed by atoms with Gasteiger partial charge in [-0.15, -0.1) is 0 Å². The molecule has 1 fully saturated rings. The molecular weight excluding hydrogens is 296 g/mol. The number of hydrogen-bond acceptors (Lipinski definition) is 3. The van der Waals surface area contributed by atoms with Crippen molar-refractivity contribution < 1.29 is 8.42 Å². The van der Waals surface area contributed by atoms with Gasteiger partial charge < -0.3 is 0 Å². The monoisotopic (exact) mass is 320 g/mol. The average Bonchev–Trinajstić information content (AvgIpc) is 2.86. The minimum atomic E-state index is -2.94. The van der Waals surface area contributed by atoms with Gasteiger partial charge in [0, 0.05) is 32.7 Å². The van der Waals surface area contributed by atoms with Crippen LogP contribution in [0.4, 0.5) is 0 Å². The van der Waals surface area contributed by atoms with E-state index in [9.17, 15) is 8.42 Å². The molecule has 0 N–H and O–H groups in total. The van der Waals surface area contributed by atoms with E-state index >= 15 is 0 Å². The Morgan fingerprint density at radius 3 is 2.55 bits per heavy atom. The molecule has 2 aliphatic heterocycles. The molecule has 120 valence electrons. The highest BCUT2D eigenvalue weighted by Crippen LogP contribution is 2.20. The first-order chi connectivity index (χ1) is 10.6. The zero-order chi connectivity index (χ0) is 15.4. The van der Waals surface area contributed by atoms with Gasteiger partial charge in [-0.25, -0.2) is 12.7 Å². The fourth-order valence-corrected chi connectivity index (χ4v) is 4.71. The number of sulfonamides is 1. The highest BCUT2D eigenvalue weighted by molar-refractivity contribution is 7.89. The van der Waals surface area contributed by atoms with Crippen LogP contribution in [-0.4, -0.2) is 49.6 Å². The topological polar surface area (TPSA) is 40.6 Å². The van der Waals surface area contributed by atoms with Gasteiger partial charge in [-0.1, -0.05) is 42.0 Å². The van der Waals surface area contributed by atoms with Crippen molar-refractivity contribution in [2.75, 3.05) is 31.9 Å². The van der Waals surface area contributed by atoms with Crippen LogP contribution in [-0.2, 0) is 16.6 Å². The van der Waals surface area contributed by atoms with Crippen LogP contribution < -0.4 is 0 Å². The molecule has 0 amide bonds. The van der Waals surface area contributed by atoms with Gasteiger partial charge in [0.05, 0.1) is 5.75 Å². The summed E-state index contributed by atoms with van der Waals surface area (Å²) in [6, 6.07) is 10.5. The first kappa shape index (κ1) is 15.7. The number of benzene rings is 1. The molecule has 22 heavy (non-hydrogen) atoms. The third kappa shape index (κ3) is 3.97. The molecule has 0 radical (unpaired) electrons. The van der Waals surface area contributed by atoms with E-state index in [2.05, 4.69) is 35.2 Å². The summed E-state index contributed by atoms with van der Waals surface area (Å²) in [5.41, 5.74) is 2.76. The van der Waals surface area contributed by atoms with Gasteiger partial charge in [0.25, 0.3) is 0 Å². The highest BCUT2D eigenvalue weighted by atomic mass is 32.2. The Hall–Kier alpha value is -1.17. The number of rotatable bonds is 5. The van der Waals surface area contributed by atoms with Gasteiger partial charge in [-0.3, -0.25) is 4.90 Å². The summed E-state index contributed by atoms with van der Waals surface area (Å²) in [6.07, 6.45) is 5.01. The van der Waals surface area contributed by atoms with Crippen molar-refractivity contribution in [3.05, 3.63) is 47.5 Å². The summed E-state index contributed by atoms with van der Waals surface area (Å²) in [7, 11) is -2.94. The van der Waals surface area contributed by atoms with Crippen LogP contribution in [0.1, 0.15) is 24.8 Å². The molecule has 1 aromatic rings. The summed E-state index contributed by atoms with van der Waals surface area (Å²) >= 11 is 0. The maximum atomic E-state index is 11.8. The molecule has 1 aromatic carbocycles. The minimum absolute atomic E-state index is 0.330. The first-order valence-electron chi connectivity index (χ1n) is 8.05. The third-order valence-electron chi connectivity index (χ3n) is 4.52. The Balaban J connectivity index is 1.47. The Morgan fingerprint density at radius 2 is 1.91 bits per heavy atom. The summed E-state index contributed by atoms with van der Waals surface area (Å²) in [5, 5.41) is 0. The normalized spacial score (nSPS) is 22.6. The molecule has 0 atom stereocenters. The Morgan fingerprint density at radius 1 is 1.09 bits per heavy atom. The van der Waals surface area contributed by atoms with E-state index in [0.29, 0.717) is 18.8 Å². The van der Waals surface area contributed by atoms with Gasteiger partial charge in [-0.05, 0) is 24.8 Å². The van der Waals surface area contributed by atoms with E-state index in [0.717, 1.165) is 38.9 Å². The van der Waals surface area contributed by atoms with Crippen molar-refractivity contribution in [1.29, 1.82) is 0 Å². The third-order valence-corrected chi connectivity index (χ3v) is 6.48. The number of nitrogens with zero attached hydrogens (tertiary/aromatic N) is 2. The van der Waals surface area contributed by atoms with Crippen LogP contribution in [0, 0.1) is 0 Å². The first-order valence-corrected chi connectivity index (χ1v) is 9.66. The predicted octanol–water partition coefficient (Wildman–Crippen LogP) is 2.24. The summed E-state index contributed by atoms with van der Waals surface area (Å²) < 4.78 is 25.2. The second-order valence-corrected chi connectivity index (χ2v) is 8.24. The second kappa shape index (κ2) is 6.94. The van der Waals surface area contributed by atoms with Crippen LogP contribution >= 0.6 is 0 Å². The maximum Gasteiger partial charge on any atom is 0.214 e. The van der Waals surface area contributed by atoms with Crippen molar-refractivity contribution in [2.45, 2.75) is 25.8 Å². The van der Waals surface area contributed by atoms with Crippen molar-refractivity contribution in [2.24, 2.45) is 0 Å². The van der Waals surface area contributed by atoms with Crippen LogP contribution in [0.3, 0.4) is 0 Å². The lowest BCUT2D eigenvalue weighted by Crippen LogP contribution is -2.30. The van der Waals surface area contributed by atoms with E-state index in [1.807, 2.05) is 6.07 Å². The lowest BCUT2D eigenvalue weighted by Gasteiger charge is -2.27. The molecule has 0 aliphatic carbocycles. The molecule has 2 aliphatic rings. The van der Waals surface area contributed by atoms with Crippen molar-refractivity contribution >= 4 is 10.0 Å².